The van der Waals surface area contributed by atoms with Gasteiger partial charge in [0.2, 0.25) is 0 Å². The third-order valence-corrected chi connectivity index (χ3v) is 9.07. The molecule has 3 heterocycles. The van der Waals surface area contributed by atoms with E-state index in [0.29, 0.717) is 18.7 Å². The third kappa shape index (κ3) is 2.37. The average Bonchev–Trinajstić information content (AvgIpc) is 3.31. The fourth-order valence-corrected chi connectivity index (χ4v) is 7.52. The van der Waals surface area contributed by atoms with E-state index < -0.39 is 15.4 Å². The zero-order valence-corrected chi connectivity index (χ0v) is 16.4. The van der Waals surface area contributed by atoms with Crippen LogP contribution in [-0.4, -0.2) is 44.0 Å². The van der Waals surface area contributed by atoms with Crippen LogP contribution in [0.15, 0.2) is 33.2 Å². The van der Waals surface area contributed by atoms with Gasteiger partial charge in [0.25, 0.3) is 10.0 Å². The van der Waals surface area contributed by atoms with Gasteiger partial charge in [-0.15, -0.1) is 11.3 Å². The normalized spacial score (nSPS) is 27.7. The van der Waals surface area contributed by atoms with E-state index in [1.165, 1.54) is 17.7 Å². The van der Waals surface area contributed by atoms with Gasteiger partial charge in [0.05, 0.1) is 17.4 Å². The Morgan fingerprint density at radius 2 is 2.15 bits per heavy atom. The van der Waals surface area contributed by atoms with Crippen molar-refractivity contribution in [3.63, 3.8) is 0 Å². The maximum Gasteiger partial charge on any atom is 0.313 e. The number of hydrogen-bond acceptors (Lipinski definition) is 7. The minimum absolute atomic E-state index is 0.0350. The molecule has 2 fully saturated rings. The first-order valence-corrected chi connectivity index (χ1v) is 10.6. The van der Waals surface area contributed by atoms with Crippen molar-refractivity contribution in [1.82, 2.24) is 9.46 Å². The quantitative estimate of drug-likeness (QED) is 0.738. The molecule has 2 aliphatic rings. The number of carbonyl (C=O) groups excluding carboxylic acids is 1. The molecule has 1 saturated heterocycles. The molecule has 7 nitrogen and oxygen atoms in total. The van der Waals surface area contributed by atoms with E-state index in [2.05, 4.69) is 19.0 Å². The van der Waals surface area contributed by atoms with Gasteiger partial charge in [0.15, 0.2) is 0 Å². The van der Waals surface area contributed by atoms with Crippen molar-refractivity contribution in [2.45, 2.75) is 24.5 Å². The van der Waals surface area contributed by atoms with Crippen LogP contribution in [0.3, 0.4) is 0 Å². The first kappa shape index (κ1) is 17.7. The van der Waals surface area contributed by atoms with E-state index >= 15 is 0 Å². The Hall–Kier alpha value is -1.71. The average molecular weight is 396 g/mol. The van der Waals surface area contributed by atoms with Crippen LogP contribution >= 0.6 is 11.3 Å². The molecule has 140 valence electrons. The summed E-state index contributed by atoms with van der Waals surface area (Å²) in [5.41, 5.74) is -0.206. The van der Waals surface area contributed by atoms with Crippen LogP contribution in [-0.2, 0) is 19.6 Å². The first-order chi connectivity index (χ1) is 12.2. The Labute approximate surface area is 156 Å². The summed E-state index contributed by atoms with van der Waals surface area (Å²) in [6.45, 7) is 4.65. The fraction of sp³-hybridized carbons (Fsp3) is 0.529. The highest BCUT2D eigenvalue weighted by atomic mass is 32.2. The molecule has 0 N–H and O–H groups in total. The third-order valence-electron chi connectivity index (χ3n) is 5.68. The van der Waals surface area contributed by atoms with Crippen molar-refractivity contribution in [2.75, 3.05) is 20.2 Å². The molecule has 0 radical (unpaired) electrons. The Bertz CT molecular complexity index is 948. The second-order valence-electron chi connectivity index (χ2n) is 7.67. The number of methoxy groups -OCH3 is 1. The van der Waals surface area contributed by atoms with Gasteiger partial charge in [0.1, 0.15) is 16.2 Å². The van der Waals surface area contributed by atoms with Gasteiger partial charge < -0.3 is 9.26 Å². The van der Waals surface area contributed by atoms with Gasteiger partial charge >= 0.3 is 5.97 Å². The molecule has 2 aromatic heterocycles. The van der Waals surface area contributed by atoms with Crippen molar-refractivity contribution in [3.05, 3.63) is 24.5 Å². The van der Waals surface area contributed by atoms with Crippen molar-refractivity contribution in [2.24, 2.45) is 16.7 Å². The molecule has 0 bridgehead atoms. The highest BCUT2D eigenvalue weighted by Gasteiger charge is 2.68. The summed E-state index contributed by atoms with van der Waals surface area (Å²) >= 11 is 1.15. The largest absolute Gasteiger partial charge is 0.469 e. The van der Waals surface area contributed by atoms with Crippen molar-refractivity contribution >= 4 is 27.3 Å². The number of fused-ring (bicyclic) bond motifs is 1. The SMILES string of the molecule is COC(=O)[C@@]12CN(S(=O)(=O)c3ccc(-c4ccon4)s3)C[C@@H]1C(C)(C)C2. The molecular weight excluding hydrogens is 376 g/mol. The van der Waals surface area contributed by atoms with Gasteiger partial charge in [-0.1, -0.05) is 19.0 Å². The van der Waals surface area contributed by atoms with Crippen LogP contribution in [0.5, 0.6) is 0 Å². The molecule has 1 aliphatic heterocycles. The highest BCUT2D eigenvalue weighted by Crippen LogP contribution is 2.63. The number of ether oxygens (including phenoxy) is 1. The highest BCUT2D eigenvalue weighted by molar-refractivity contribution is 7.91. The number of thiophene rings is 1. The van der Waals surface area contributed by atoms with E-state index in [4.69, 9.17) is 9.26 Å². The number of esters is 1. The van der Waals surface area contributed by atoms with Crippen LogP contribution in [0.2, 0.25) is 0 Å². The lowest BCUT2D eigenvalue weighted by molar-refractivity contribution is -0.174. The summed E-state index contributed by atoms with van der Waals surface area (Å²) in [7, 11) is -2.32. The van der Waals surface area contributed by atoms with Crippen LogP contribution in [0.25, 0.3) is 10.6 Å². The van der Waals surface area contributed by atoms with Crippen molar-refractivity contribution in [1.29, 1.82) is 0 Å². The van der Waals surface area contributed by atoms with Crippen LogP contribution < -0.4 is 0 Å². The minimum Gasteiger partial charge on any atom is -0.469 e. The maximum atomic E-state index is 13.1. The molecular formula is C17H20N2O5S2. The molecule has 1 aliphatic carbocycles. The summed E-state index contributed by atoms with van der Waals surface area (Å²) in [5.74, 6) is -0.346. The van der Waals surface area contributed by atoms with Gasteiger partial charge in [0, 0.05) is 19.2 Å². The topological polar surface area (TPSA) is 89.7 Å². The molecule has 0 spiro atoms. The molecule has 2 aromatic rings. The summed E-state index contributed by atoms with van der Waals surface area (Å²) in [6, 6.07) is 4.99. The van der Waals surface area contributed by atoms with Gasteiger partial charge in [-0.2, -0.15) is 4.31 Å². The summed E-state index contributed by atoms with van der Waals surface area (Å²) < 4.78 is 37.8. The molecule has 0 aromatic carbocycles. The number of carbonyl (C=O) groups is 1. The molecule has 0 amide bonds. The number of nitrogens with zero attached hydrogens (tertiary/aromatic N) is 2. The number of hydrogen-bond donors (Lipinski definition) is 0. The number of rotatable bonds is 4. The molecule has 2 atom stereocenters. The first-order valence-electron chi connectivity index (χ1n) is 8.30. The zero-order valence-electron chi connectivity index (χ0n) is 14.8. The van der Waals surface area contributed by atoms with E-state index in [1.54, 1.807) is 18.2 Å². The van der Waals surface area contributed by atoms with Crippen LogP contribution in [0.1, 0.15) is 20.3 Å². The Morgan fingerprint density at radius 1 is 1.38 bits per heavy atom. The van der Waals surface area contributed by atoms with Crippen molar-refractivity contribution in [3.8, 4) is 10.6 Å². The Kier molecular flexibility index (Phi) is 3.84. The Balaban J connectivity index is 1.64. The van der Waals surface area contributed by atoms with Gasteiger partial charge in [-0.05, 0) is 29.9 Å². The maximum absolute atomic E-state index is 13.1. The molecule has 1 saturated carbocycles. The lowest BCUT2D eigenvalue weighted by atomic mass is 9.48. The lowest BCUT2D eigenvalue weighted by Crippen LogP contribution is -2.57. The van der Waals surface area contributed by atoms with Crippen LogP contribution in [0, 0.1) is 16.7 Å². The zero-order chi connectivity index (χ0) is 18.7. The smallest absolute Gasteiger partial charge is 0.313 e. The van der Waals surface area contributed by atoms with E-state index in [1.807, 2.05) is 0 Å². The van der Waals surface area contributed by atoms with Gasteiger partial charge in [-0.3, -0.25) is 4.79 Å². The van der Waals surface area contributed by atoms with Crippen LogP contribution in [0.4, 0.5) is 0 Å². The summed E-state index contributed by atoms with van der Waals surface area (Å²) in [5, 5.41) is 3.84. The second-order valence-corrected chi connectivity index (χ2v) is 10.9. The fourth-order valence-electron chi connectivity index (χ4n) is 4.58. The van der Waals surface area contributed by atoms with E-state index in [0.717, 1.165) is 16.2 Å². The molecule has 9 heteroatoms. The lowest BCUT2D eigenvalue weighted by Gasteiger charge is -2.54. The predicted octanol–water partition coefficient (Wildman–Crippen LogP) is 2.61. The number of sulfonamides is 1. The molecule has 0 unspecified atom stereocenters. The summed E-state index contributed by atoms with van der Waals surface area (Å²) in [6.07, 6.45) is 2.08. The second kappa shape index (κ2) is 5.64. The van der Waals surface area contributed by atoms with E-state index in [9.17, 15) is 13.2 Å². The summed E-state index contributed by atoms with van der Waals surface area (Å²) in [4.78, 5) is 13.1. The monoisotopic (exact) mass is 396 g/mol. The van der Waals surface area contributed by atoms with Gasteiger partial charge in [-0.25, -0.2) is 8.42 Å². The predicted molar refractivity (Wildman–Crippen MR) is 94.9 cm³/mol. The Morgan fingerprint density at radius 3 is 2.77 bits per heavy atom. The number of aromatic nitrogens is 1. The minimum atomic E-state index is -3.68. The van der Waals surface area contributed by atoms with E-state index in [-0.39, 0.29) is 28.1 Å². The standard InChI is InChI=1S/C17H20N2O5S2/c1-16(2)9-17(15(20)23-3)10-19(8-13(16)17)26(21,22)14-5-4-12(25-14)11-6-7-24-18-11/h4-7,13H,8-10H2,1-3H3/t13-,17+/m1/s1. The molecule has 4 rings (SSSR count). The molecule has 26 heavy (non-hydrogen) atoms. The van der Waals surface area contributed by atoms with Crippen molar-refractivity contribution < 1.29 is 22.5 Å².